The van der Waals surface area contributed by atoms with E-state index in [-0.39, 0.29) is 37.3 Å². The molecule has 0 spiro atoms. The average Bonchev–Trinajstić information content (AvgIpc) is 3.95. The van der Waals surface area contributed by atoms with E-state index in [1.165, 1.54) is 33.4 Å². The molecule has 5 nitrogen and oxygen atoms in total. The molecule has 0 bridgehead atoms. The third-order valence-corrected chi connectivity index (χ3v) is 14.5. The number of imidazole rings is 1. The third kappa shape index (κ3) is 10.1. The topological polar surface area (TPSA) is 35.9 Å². The second-order valence-electron chi connectivity index (χ2n) is 23.7. The molecule has 0 aliphatic rings. The molecular weight excluding hydrogens is 1110 g/mol. The molecule has 8 aromatic carbocycles. The number of rotatable bonds is 10. The summed E-state index contributed by atoms with van der Waals surface area (Å²) in [7, 11) is 0. The van der Waals surface area contributed by atoms with Crippen LogP contribution in [0.15, 0.2) is 182 Å². The number of pyridine rings is 1. The molecule has 0 saturated heterocycles. The maximum atomic E-state index is 6.78. The summed E-state index contributed by atoms with van der Waals surface area (Å²) in [6.07, 6.45) is 6.83. The van der Waals surface area contributed by atoms with E-state index in [9.17, 15) is 0 Å². The first-order chi connectivity index (χ1) is 35.9. The Morgan fingerprint density at radius 3 is 1.82 bits per heavy atom. The Morgan fingerprint density at radius 1 is 0.526 bits per heavy atom. The molecule has 384 valence electrons. The van der Waals surface area contributed by atoms with Gasteiger partial charge in [0.05, 0.1) is 16.7 Å². The van der Waals surface area contributed by atoms with Crippen molar-refractivity contribution in [1.29, 1.82) is 0 Å². The zero-order valence-electron chi connectivity index (χ0n) is 45.6. The standard InChI is InChI=1S/C70H66N4O.Pt/c1-46(2)37-49-40-66(71-44-61(49)48-31-33-51(34-32-48)68(3,4)5)74-62-28-16-15-25-59(62)60-36-35-56(43-65(60)74)75-55-24-19-23-54(42-55)72-45-73(64-30-18-17-29-63(64)72)67-57(47-21-13-12-14-22-47)26-20-27-58(67)50-38-52(69(6,7)8)41-53(39-50)70(9,10)11;/h12-36,38-41,44,46H,37H2,1-11H3;/q-2;. The minimum atomic E-state index is -0.0473. The number of aromatic nitrogens is 4. The van der Waals surface area contributed by atoms with Gasteiger partial charge in [0.2, 0.25) is 0 Å². The van der Waals surface area contributed by atoms with Gasteiger partial charge in [0, 0.05) is 49.8 Å². The van der Waals surface area contributed by atoms with Crippen molar-refractivity contribution in [2.24, 2.45) is 5.92 Å². The van der Waals surface area contributed by atoms with E-state index >= 15 is 0 Å². The molecule has 0 N–H and O–H groups in total. The number of ether oxygens (including phenoxy) is 1. The molecule has 76 heavy (non-hydrogen) atoms. The summed E-state index contributed by atoms with van der Waals surface area (Å²) < 4.78 is 13.4. The van der Waals surface area contributed by atoms with Crippen LogP contribution in [0.2, 0.25) is 0 Å². The van der Waals surface area contributed by atoms with Gasteiger partial charge in [-0.15, -0.1) is 29.7 Å². The fourth-order valence-electron chi connectivity index (χ4n) is 10.5. The second-order valence-corrected chi connectivity index (χ2v) is 23.7. The minimum Gasteiger partial charge on any atom is -0.510 e. The maximum absolute atomic E-state index is 6.78. The summed E-state index contributed by atoms with van der Waals surface area (Å²) in [6, 6.07) is 70.4. The first-order valence-corrected chi connectivity index (χ1v) is 26.5. The van der Waals surface area contributed by atoms with Gasteiger partial charge in [-0.1, -0.05) is 215 Å². The molecule has 3 aromatic heterocycles. The van der Waals surface area contributed by atoms with Crippen LogP contribution >= 0.6 is 0 Å². The van der Waals surface area contributed by atoms with Gasteiger partial charge in [0.15, 0.2) is 0 Å². The number of nitrogens with zero attached hydrogens (tertiary/aromatic N) is 4. The van der Waals surface area contributed by atoms with E-state index in [0.717, 1.165) is 78.7 Å². The van der Waals surface area contributed by atoms with Gasteiger partial charge < -0.3 is 13.9 Å². The molecule has 11 rings (SSSR count). The van der Waals surface area contributed by atoms with Gasteiger partial charge in [-0.2, -0.15) is 18.2 Å². The van der Waals surface area contributed by atoms with Crippen LogP contribution in [0.1, 0.15) is 98.4 Å². The average molecular weight is 1170 g/mol. The quantitative estimate of drug-likeness (QED) is 0.101. The molecular formula is C70H66N4OPt-2. The summed E-state index contributed by atoms with van der Waals surface area (Å²) in [5.74, 6) is 2.47. The van der Waals surface area contributed by atoms with Gasteiger partial charge in [-0.3, -0.25) is 4.57 Å². The van der Waals surface area contributed by atoms with E-state index in [2.05, 4.69) is 272 Å². The number of hydrogen-bond donors (Lipinski definition) is 0. The molecule has 0 unspecified atom stereocenters. The third-order valence-electron chi connectivity index (χ3n) is 14.5. The SMILES string of the molecule is CC(C)Cc1cc(-n2c3[c-]c(Oc4[c-]c(-n5[c-][n+](-c6c(-c7ccccc7)cccc6-c6cc(C(C)(C)C)cc(C(C)(C)C)c6)c6ccccc65)ccc4)ccc3c3ccccc32)ncc1-c1ccc(C(C)(C)C)cc1.[Pt]. The van der Waals surface area contributed by atoms with Crippen LogP contribution < -0.4 is 9.30 Å². The zero-order valence-corrected chi connectivity index (χ0v) is 47.9. The van der Waals surface area contributed by atoms with Gasteiger partial charge in [-0.05, 0) is 102 Å². The number of hydrogen-bond acceptors (Lipinski definition) is 2. The largest absolute Gasteiger partial charge is 0.510 e. The number of para-hydroxylation sites is 4. The summed E-state index contributed by atoms with van der Waals surface area (Å²) in [4.78, 5) is 5.20. The van der Waals surface area contributed by atoms with Gasteiger partial charge in [0.1, 0.15) is 5.82 Å². The van der Waals surface area contributed by atoms with Crippen molar-refractivity contribution >= 4 is 32.8 Å². The van der Waals surface area contributed by atoms with Crippen LogP contribution in [0.4, 0.5) is 0 Å². The molecule has 0 amide bonds. The minimum absolute atomic E-state index is 0. The van der Waals surface area contributed by atoms with Gasteiger partial charge >= 0.3 is 0 Å². The Balaban J connectivity index is 0.00000657. The van der Waals surface area contributed by atoms with Gasteiger partial charge in [0.25, 0.3) is 6.33 Å². The molecule has 0 radical (unpaired) electrons. The molecule has 0 saturated carbocycles. The smallest absolute Gasteiger partial charge is 0.268 e. The Bertz CT molecular complexity index is 3880. The molecule has 6 heteroatoms. The summed E-state index contributed by atoms with van der Waals surface area (Å²) >= 11 is 0. The van der Waals surface area contributed by atoms with Crippen LogP contribution in [-0.2, 0) is 43.7 Å². The summed E-state index contributed by atoms with van der Waals surface area (Å²) in [5, 5.41) is 2.22. The molecule has 0 aliphatic carbocycles. The predicted molar refractivity (Wildman–Crippen MR) is 311 cm³/mol. The Labute approximate surface area is 464 Å². The van der Waals surface area contributed by atoms with Crippen LogP contribution in [0.25, 0.3) is 83.4 Å². The Hall–Kier alpha value is -7.33. The van der Waals surface area contributed by atoms with Crippen molar-refractivity contribution in [2.45, 2.75) is 98.8 Å². The van der Waals surface area contributed by atoms with E-state index < -0.39 is 0 Å². The molecule has 3 heterocycles. The molecule has 0 aliphatic heterocycles. The molecule has 0 atom stereocenters. The molecule has 11 aromatic rings. The van der Waals surface area contributed by atoms with Crippen LogP contribution in [0, 0.1) is 24.4 Å². The van der Waals surface area contributed by atoms with Crippen molar-refractivity contribution in [3.63, 3.8) is 0 Å². The fourth-order valence-corrected chi connectivity index (χ4v) is 10.5. The van der Waals surface area contributed by atoms with Crippen LogP contribution in [0.5, 0.6) is 11.5 Å². The van der Waals surface area contributed by atoms with E-state index in [4.69, 9.17) is 9.72 Å². The van der Waals surface area contributed by atoms with Crippen molar-refractivity contribution in [3.8, 4) is 62.1 Å². The Kier molecular flexibility index (Phi) is 13.9. The van der Waals surface area contributed by atoms with E-state index in [0.29, 0.717) is 17.4 Å². The monoisotopic (exact) mass is 1170 g/mol. The normalized spacial score (nSPS) is 12.2. The van der Waals surface area contributed by atoms with E-state index in [1.54, 1.807) is 0 Å². The fraction of sp³-hybridized carbons (Fsp3) is 0.229. The first-order valence-electron chi connectivity index (χ1n) is 26.5. The maximum Gasteiger partial charge on any atom is 0.268 e. The van der Waals surface area contributed by atoms with Crippen LogP contribution in [0.3, 0.4) is 0 Å². The van der Waals surface area contributed by atoms with Gasteiger partial charge in [-0.25, -0.2) is 4.98 Å². The second kappa shape index (κ2) is 20.3. The summed E-state index contributed by atoms with van der Waals surface area (Å²) in [5.41, 5.74) is 17.9. The van der Waals surface area contributed by atoms with Crippen molar-refractivity contribution in [2.75, 3.05) is 0 Å². The predicted octanol–water partition coefficient (Wildman–Crippen LogP) is 17.7. The van der Waals surface area contributed by atoms with Crippen molar-refractivity contribution in [3.05, 3.63) is 223 Å². The van der Waals surface area contributed by atoms with Crippen LogP contribution in [-0.4, -0.2) is 14.1 Å². The number of benzene rings is 8. The first kappa shape index (κ1) is 52.1. The Morgan fingerprint density at radius 2 is 1.13 bits per heavy atom. The van der Waals surface area contributed by atoms with E-state index in [1.807, 2.05) is 18.2 Å². The van der Waals surface area contributed by atoms with Crippen molar-refractivity contribution in [1.82, 2.24) is 14.1 Å². The number of fused-ring (bicyclic) bond motifs is 4. The molecule has 0 fully saturated rings. The van der Waals surface area contributed by atoms with Crippen molar-refractivity contribution < 1.29 is 30.4 Å². The zero-order chi connectivity index (χ0) is 52.4. The summed E-state index contributed by atoms with van der Waals surface area (Å²) in [6.45, 7) is 25.1.